The number of hydrogen-bond acceptors (Lipinski definition) is 6. The normalized spacial score (nSPS) is 13.9. The van der Waals surface area contributed by atoms with Crippen LogP contribution in [0.5, 0.6) is 0 Å². The molecule has 0 saturated heterocycles. The summed E-state index contributed by atoms with van der Waals surface area (Å²) in [5, 5.41) is 2.35. The zero-order valence-electron chi connectivity index (χ0n) is 20.9. The van der Waals surface area contributed by atoms with Gasteiger partial charge in [0.15, 0.2) is 0 Å². The number of benzene rings is 2. The van der Waals surface area contributed by atoms with Crippen LogP contribution in [0.4, 0.5) is 34.6 Å². The SMILES string of the molecule is Cn1c(=O)cc(Nc2ccc(C(F)(F)F)cc2F)c2c(=O)n(C3CC3)c(=O)n(-c3cccc(NS(C)(=O)=O)c3)c21. The molecule has 0 amide bonds. The predicted molar refractivity (Wildman–Crippen MR) is 140 cm³/mol. The van der Waals surface area contributed by atoms with E-state index in [1.165, 1.54) is 31.3 Å². The summed E-state index contributed by atoms with van der Waals surface area (Å²) in [5.74, 6) is -1.28. The molecule has 0 radical (unpaired) electrons. The van der Waals surface area contributed by atoms with Crippen molar-refractivity contribution in [3.8, 4) is 5.69 Å². The number of nitrogens with one attached hydrogen (secondary N) is 2. The van der Waals surface area contributed by atoms with Gasteiger partial charge in [0.1, 0.15) is 16.9 Å². The van der Waals surface area contributed by atoms with Gasteiger partial charge < -0.3 is 5.32 Å². The van der Waals surface area contributed by atoms with Crippen LogP contribution >= 0.6 is 0 Å². The smallest absolute Gasteiger partial charge is 0.352 e. The van der Waals surface area contributed by atoms with Crippen LogP contribution in [-0.2, 0) is 23.2 Å². The number of aromatic nitrogens is 3. The summed E-state index contributed by atoms with van der Waals surface area (Å²) in [6.45, 7) is 0. The third-order valence-corrected chi connectivity index (χ3v) is 6.94. The van der Waals surface area contributed by atoms with Gasteiger partial charge in [-0.05, 0) is 49.2 Å². The molecule has 4 aromatic rings. The maximum atomic E-state index is 14.7. The Hall–Kier alpha value is -4.40. The first kappa shape index (κ1) is 27.2. The first-order valence-corrected chi connectivity index (χ1v) is 13.7. The lowest BCUT2D eigenvalue weighted by molar-refractivity contribution is -0.137. The van der Waals surface area contributed by atoms with Gasteiger partial charge in [-0.2, -0.15) is 13.2 Å². The highest BCUT2D eigenvalue weighted by atomic mass is 32.2. The maximum absolute atomic E-state index is 14.7. The largest absolute Gasteiger partial charge is 0.416 e. The zero-order valence-corrected chi connectivity index (χ0v) is 21.7. The van der Waals surface area contributed by atoms with E-state index < -0.39 is 56.1 Å². The summed E-state index contributed by atoms with van der Waals surface area (Å²) in [4.78, 5) is 40.3. The molecule has 1 aliphatic carbocycles. The first-order valence-electron chi connectivity index (χ1n) is 11.8. The molecule has 210 valence electrons. The topological polar surface area (TPSA) is 124 Å². The molecule has 1 aliphatic rings. The molecule has 0 bridgehead atoms. The van der Waals surface area contributed by atoms with Gasteiger partial charge >= 0.3 is 11.9 Å². The number of pyridine rings is 1. The van der Waals surface area contributed by atoms with Crippen molar-refractivity contribution in [2.24, 2.45) is 7.05 Å². The first-order chi connectivity index (χ1) is 18.7. The molecule has 5 rings (SSSR count). The fraction of sp³-hybridized carbons (Fsp3) is 0.240. The number of rotatable bonds is 6. The molecular formula is C25H21F4N5O5S. The lowest BCUT2D eigenvalue weighted by Gasteiger charge is -2.19. The van der Waals surface area contributed by atoms with Crippen molar-refractivity contribution in [1.82, 2.24) is 13.7 Å². The Morgan fingerprint density at radius 2 is 1.68 bits per heavy atom. The number of fused-ring (bicyclic) bond motifs is 1. The van der Waals surface area contributed by atoms with E-state index in [1.807, 2.05) is 0 Å². The van der Waals surface area contributed by atoms with Crippen molar-refractivity contribution in [3.05, 3.63) is 91.1 Å². The summed E-state index contributed by atoms with van der Waals surface area (Å²) in [6.07, 6.45) is -2.80. The van der Waals surface area contributed by atoms with Crippen molar-refractivity contribution in [2.75, 3.05) is 16.3 Å². The molecule has 40 heavy (non-hydrogen) atoms. The number of alkyl halides is 3. The third kappa shape index (κ3) is 4.99. The Morgan fingerprint density at radius 1 is 0.975 bits per heavy atom. The molecule has 0 aliphatic heterocycles. The number of hydrogen-bond donors (Lipinski definition) is 2. The summed E-state index contributed by atoms with van der Waals surface area (Å²) in [7, 11) is -2.38. The fourth-order valence-electron chi connectivity index (χ4n) is 4.41. The highest BCUT2D eigenvalue weighted by Gasteiger charge is 2.32. The second-order valence-electron chi connectivity index (χ2n) is 9.42. The zero-order chi connectivity index (χ0) is 29.1. The van der Waals surface area contributed by atoms with Crippen molar-refractivity contribution < 1.29 is 26.0 Å². The van der Waals surface area contributed by atoms with Gasteiger partial charge in [0.05, 0.1) is 34.6 Å². The van der Waals surface area contributed by atoms with Crippen LogP contribution in [0.3, 0.4) is 0 Å². The van der Waals surface area contributed by atoms with Crippen LogP contribution in [0.15, 0.2) is 62.9 Å². The highest BCUT2D eigenvalue weighted by Crippen LogP contribution is 2.35. The third-order valence-electron chi connectivity index (χ3n) is 6.34. The molecule has 15 heteroatoms. The summed E-state index contributed by atoms with van der Waals surface area (Å²) >= 11 is 0. The molecule has 1 saturated carbocycles. The predicted octanol–water partition coefficient (Wildman–Crippen LogP) is 3.46. The molecule has 2 heterocycles. The van der Waals surface area contributed by atoms with Crippen LogP contribution in [0.1, 0.15) is 24.4 Å². The molecule has 2 aromatic carbocycles. The van der Waals surface area contributed by atoms with Gasteiger partial charge in [-0.3, -0.25) is 23.4 Å². The Labute approximate surface area is 223 Å². The molecule has 10 nitrogen and oxygen atoms in total. The number of halogens is 4. The van der Waals surface area contributed by atoms with E-state index in [4.69, 9.17) is 0 Å². The van der Waals surface area contributed by atoms with E-state index in [-0.39, 0.29) is 34.2 Å². The Bertz CT molecular complexity index is 1980. The van der Waals surface area contributed by atoms with Gasteiger partial charge in [-0.15, -0.1) is 0 Å². The molecule has 1 fully saturated rings. The highest BCUT2D eigenvalue weighted by molar-refractivity contribution is 7.92. The van der Waals surface area contributed by atoms with Gasteiger partial charge in [0.25, 0.3) is 11.1 Å². The average molecular weight is 580 g/mol. The lowest BCUT2D eigenvalue weighted by atomic mass is 10.1. The molecular weight excluding hydrogens is 558 g/mol. The van der Waals surface area contributed by atoms with Gasteiger partial charge in [0.2, 0.25) is 10.0 Å². The number of sulfonamides is 1. The van der Waals surface area contributed by atoms with E-state index >= 15 is 0 Å². The summed E-state index contributed by atoms with van der Waals surface area (Å²) < 4.78 is 82.7. The van der Waals surface area contributed by atoms with Crippen molar-refractivity contribution in [3.63, 3.8) is 0 Å². The van der Waals surface area contributed by atoms with Crippen molar-refractivity contribution in [1.29, 1.82) is 0 Å². The second kappa shape index (κ2) is 9.36. The lowest BCUT2D eigenvalue weighted by Crippen LogP contribution is -2.41. The molecule has 0 unspecified atom stereocenters. The van der Waals surface area contributed by atoms with Crippen LogP contribution in [0, 0.1) is 5.82 Å². The van der Waals surface area contributed by atoms with Gasteiger partial charge in [-0.1, -0.05) is 6.07 Å². The van der Waals surface area contributed by atoms with Crippen LogP contribution < -0.4 is 26.8 Å². The number of nitrogens with zero attached hydrogens (tertiary/aromatic N) is 3. The van der Waals surface area contributed by atoms with Gasteiger partial charge in [-0.25, -0.2) is 22.2 Å². The summed E-state index contributed by atoms with van der Waals surface area (Å²) in [5.41, 5.74) is -4.14. The molecule has 2 aromatic heterocycles. The van der Waals surface area contributed by atoms with Crippen molar-refractivity contribution in [2.45, 2.75) is 25.1 Å². The number of anilines is 3. The van der Waals surface area contributed by atoms with E-state index in [9.17, 15) is 40.4 Å². The van der Waals surface area contributed by atoms with Gasteiger partial charge in [0, 0.05) is 19.2 Å². The van der Waals surface area contributed by atoms with Crippen molar-refractivity contribution >= 4 is 38.1 Å². The van der Waals surface area contributed by atoms with E-state index in [0.717, 1.165) is 32.1 Å². The van der Waals surface area contributed by atoms with E-state index in [0.29, 0.717) is 18.9 Å². The quantitative estimate of drug-likeness (QED) is 0.337. The summed E-state index contributed by atoms with van der Waals surface area (Å²) in [6, 6.07) is 8.00. The van der Waals surface area contributed by atoms with E-state index in [1.54, 1.807) is 0 Å². The standard InChI is InChI=1S/C25H21F4N5O5S/c1-32-20(35)12-19(30-18-9-6-13(10-17(18)26)25(27,28)29)21-22(32)33(24(37)34(23(21)36)15-7-8-15)16-5-3-4-14(11-16)31-40(2,38)39/h3-6,9-12,15,30-31H,7-8H2,1-2H3. The minimum atomic E-state index is -4.79. The Morgan fingerprint density at radius 3 is 2.27 bits per heavy atom. The number of aryl methyl sites for hydroxylation is 1. The molecule has 2 N–H and O–H groups in total. The second-order valence-corrected chi connectivity index (χ2v) is 11.2. The molecule has 0 spiro atoms. The molecule has 0 atom stereocenters. The van der Waals surface area contributed by atoms with E-state index in [2.05, 4.69) is 10.0 Å². The van der Waals surface area contributed by atoms with Crippen LogP contribution in [-0.4, -0.2) is 28.4 Å². The van der Waals surface area contributed by atoms with Crippen LogP contribution in [0.2, 0.25) is 0 Å². The average Bonchev–Trinajstić information content (AvgIpc) is 3.67. The Kier molecular flexibility index (Phi) is 6.36. The maximum Gasteiger partial charge on any atom is 0.416 e. The monoisotopic (exact) mass is 579 g/mol. The minimum Gasteiger partial charge on any atom is -0.352 e. The van der Waals surface area contributed by atoms with Crippen LogP contribution in [0.25, 0.3) is 16.7 Å². The fourth-order valence-corrected chi connectivity index (χ4v) is 4.96. The Balaban J connectivity index is 1.81. The minimum absolute atomic E-state index is 0.107.